The lowest BCUT2D eigenvalue weighted by Gasteiger charge is -2.19. The summed E-state index contributed by atoms with van der Waals surface area (Å²) >= 11 is 1.56. The van der Waals surface area contributed by atoms with Crippen molar-refractivity contribution in [1.29, 1.82) is 0 Å². The van der Waals surface area contributed by atoms with E-state index >= 15 is 0 Å². The molecular formula is C19H19N3O2S. The third kappa shape index (κ3) is 3.64. The predicted molar refractivity (Wildman–Crippen MR) is 97.6 cm³/mol. The van der Waals surface area contributed by atoms with Crippen LogP contribution in [0.4, 0.5) is 5.69 Å². The van der Waals surface area contributed by atoms with Gasteiger partial charge in [0, 0.05) is 18.5 Å². The van der Waals surface area contributed by atoms with E-state index in [-0.39, 0.29) is 5.91 Å². The van der Waals surface area contributed by atoms with Gasteiger partial charge in [-0.05, 0) is 54.3 Å². The first-order valence-corrected chi connectivity index (χ1v) is 9.44. The van der Waals surface area contributed by atoms with E-state index in [0.29, 0.717) is 24.6 Å². The fourth-order valence-corrected chi connectivity index (χ4v) is 3.84. The molecule has 1 aliphatic rings. The van der Waals surface area contributed by atoms with Crippen LogP contribution < -0.4 is 5.32 Å². The number of nitrogens with one attached hydrogen (secondary N) is 1. The number of nitrogens with zero attached hydrogens (tertiary/aromatic N) is 2. The van der Waals surface area contributed by atoms with Crippen LogP contribution in [-0.2, 0) is 24.1 Å². The molecule has 3 aromatic rings. The third-order valence-corrected chi connectivity index (χ3v) is 5.31. The molecule has 2 heterocycles. The zero-order valence-electron chi connectivity index (χ0n) is 13.8. The molecular weight excluding hydrogens is 334 g/mol. The maximum absolute atomic E-state index is 12.3. The molecule has 5 nitrogen and oxygen atoms in total. The van der Waals surface area contributed by atoms with Gasteiger partial charge in [0.2, 0.25) is 17.6 Å². The summed E-state index contributed by atoms with van der Waals surface area (Å²) in [6, 6.07) is 10.1. The Labute approximate surface area is 150 Å². The molecule has 0 saturated carbocycles. The van der Waals surface area contributed by atoms with Crippen LogP contribution in [0.3, 0.4) is 0 Å². The lowest BCUT2D eigenvalue weighted by Crippen LogP contribution is -2.15. The van der Waals surface area contributed by atoms with Crippen molar-refractivity contribution in [3.63, 3.8) is 0 Å². The van der Waals surface area contributed by atoms with Gasteiger partial charge in [-0.2, -0.15) is 4.98 Å². The Hall–Kier alpha value is -2.47. The van der Waals surface area contributed by atoms with Gasteiger partial charge in [-0.25, -0.2) is 0 Å². The zero-order chi connectivity index (χ0) is 17.1. The van der Waals surface area contributed by atoms with Crippen LogP contribution in [-0.4, -0.2) is 16.0 Å². The number of fused-ring (bicyclic) bond motifs is 1. The molecule has 0 bridgehead atoms. The number of hydrogen-bond donors (Lipinski definition) is 1. The summed E-state index contributed by atoms with van der Waals surface area (Å²) in [5, 5.41) is 8.99. The van der Waals surface area contributed by atoms with Crippen LogP contribution in [0.25, 0.3) is 10.7 Å². The normalized spacial score (nSPS) is 13.4. The number of thiophene rings is 1. The molecule has 1 aromatic carbocycles. The second-order valence-electron chi connectivity index (χ2n) is 6.19. The van der Waals surface area contributed by atoms with Crippen molar-refractivity contribution >= 4 is 22.9 Å². The minimum absolute atomic E-state index is 0.0187. The van der Waals surface area contributed by atoms with E-state index in [4.69, 9.17) is 4.52 Å². The lowest BCUT2D eigenvalue weighted by atomic mass is 9.90. The van der Waals surface area contributed by atoms with Gasteiger partial charge in [-0.3, -0.25) is 4.79 Å². The molecule has 0 atom stereocenters. The maximum Gasteiger partial charge on any atom is 0.227 e. The van der Waals surface area contributed by atoms with Gasteiger partial charge in [0.05, 0.1) is 4.88 Å². The minimum Gasteiger partial charge on any atom is -0.339 e. The van der Waals surface area contributed by atoms with Crippen LogP contribution >= 0.6 is 11.3 Å². The molecule has 4 rings (SSSR count). The second-order valence-corrected chi connectivity index (χ2v) is 7.14. The van der Waals surface area contributed by atoms with Crippen molar-refractivity contribution in [2.24, 2.45) is 0 Å². The molecule has 2 aromatic heterocycles. The van der Waals surface area contributed by atoms with Crippen LogP contribution in [0.2, 0.25) is 0 Å². The number of hydrogen-bond acceptors (Lipinski definition) is 5. The monoisotopic (exact) mass is 353 g/mol. The summed E-state index contributed by atoms with van der Waals surface area (Å²) in [7, 11) is 0. The highest BCUT2D eigenvalue weighted by Crippen LogP contribution is 2.28. The first-order chi connectivity index (χ1) is 12.3. The molecule has 1 N–H and O–H groups in total. The molecule has 0 radical (unpaired) electrons. The van der Waals surface area contributed by atoms with E-state index in [9.17, 15) is 4.79 Å². The van der Waals surface area contributed by atoms with Crippen molar-refractivity contribution in [2.45, 2.75) is 38.5 Å². The van der Waals surface area contributed by atoms with Gasteiger partial charge in [-0.15, -0.1) is 11.3 Å². The summed E-state index contributed by atoms with van der Waals surface area (Å²) in [6.07, 6.45) is 5.34. The Bertz CT molecular complexity index is 871. The van der Waals surface area contributed by atoms with E-state index in [1.54, 1.807) is 11.3 Å². The van der Waals surface area contributed by atoms with E-state index in [1.165, 1.54) is 24.0 Å². The Balaban J connectivity index is 1.37. The van der Waals surface area contributed by atoms with Gasteiger partial charge in [-0.1, -0.05) is 23.4 Å². The fraction of sp³-hybridized carbons (Fsp3) is 0.316. The first-order valence-electron chi connectivity index (χ1n) is 8.57. The average molecular weight is 353 g/mol. The quantitative estimate of drug-likeness (QED) is 0.744. The van der Waals surface area contributed by atoms with Crippen molar-refractivity contribution in [1.82, 2.24) is 10.1 Å². The van der Waals surface area contributed by atoms with Gasteiger partial charge >= 0.3 is 0 Å². The molecule has 0 unspecified atom stereocenters. The number of aromatic nitrogens is 2. The molecule has 0 saturated heterocycles. The van der Waals surface area contributed by atoms with Crippen LogP contribution in [0.1, 0.15) is 36.3 Å². The van der Waals surface area contributed by atoms with Gasteiger partial charge in [0.25, 0.3) is 0 Å². The highest BCUT2D eigenvalue weighted by molar-refractivity contribution is 7.13. The predicted octanol–water partition coefficient (Wildman–Crippen LogP) is 4.25. The Morgan fingerprint density at radius 2 is 2.12 bits per heavy atom. The highest BCUT2D eigenvalue weighted by Gasteiger charge is 2.15. The summed E-state index contributed by atoms with van der Waals surface area (Å²) in [5.41, 5.74) is 3.61. The van der Waals surface area contributed by atoms with Gasteiger partial charge in [0.15, 0.2) is 0 Å². The first kappa shape index (κ1) is 16.0. The molecule has 1 aliphatic carbocycles. The van der Waals surface area contributed by atoms with Crippen molar-refractivity contribution in [2.75, 3.05) is 5.32 Å². The van der Waals surface area contributed by atoms with Crippen molar-refractivity contribution in [3.8, 4) is 10.7 Å². The van der Waals surface area contributed by atoms with E-state index in [2.05, 4.69) is 21.5 Å². The topological polar surface area (TPSA) is 68.0 Å². The molecule has 1 amide bonds. The van der Waals surface area contributed by atoms with Crippen LogP contribution in [0, 0.1) is 0 Å². The number of carbonyl (C=O) groups is 1. The fourth-order valence-electron chi connectivity index (χ4n) is 3.19. The van der Waals surface area contributed by atoms with Gasteiger partial charge < -0.3 is 9.84 Å². The summed E-state index contributed by atoms with van der Waals surface area (Å²) < 4.78 is 5.25. The maximum atomic E-state index is 12.3. The van der Waals surface area contributed by atoms with Crippen molar-refractivity contribution < 1.29 is 9.32 Å². The zero-order valence-corrected chi connectivity index (χ0v) is 14.6. The molecule has 6 heteroatoms. The summed E-state index contributed by atoms with van der Waals surface area (Å²) in [5.74, 6) is 1.06. The lowest BCUT2D eigenvalue weighted by molar-refractivity contribution is -0.116. The van der Waals surface area contributed by atoms with Crippen LogP contribution in [0.15, 0.2) is 40.2 Å². The average Bonchev–Trinajstić information content (AvgIpc) is 3.32. The standard InChI is InChI=1S/C19H19N3O2S/c23-17(20-15-8-3-6-13-5-1-2-7-14(13)15)10-11-18-21-19(22-24-18)16-9-4-12-25-16/h3-4,6,8-9,12H,1-2,5,7,10-11H2,(H,20,23). The Morgan fingerprint density at radius 3 is 3.00 bits per heavy atom. The van der Waals surface area contributed by atoms with Crippen molar-refractivity contribution in [3.05, 3.63) is 52.7 Å². The number of aryl methyl sites for hydroxylation is 2. The van der Waals surface area contributed by atoms with E-state index < -0.39 is 0 Å². The highest BCUT2D eigenvalue weighted by atomic mass is 32.1. The number of benzene rings is 1. The van der Waals surface area contributed by atoms with Crippen LogP contribution in [0.5, 0.6) is 0 Å². The summed E-state index contributed by atoms with van der Waals surface area (Å²) in [4.78, 5) is 17.6. The Kier molecular flexibility index (Phi) is 4.61. The van der Waals surface area contributed by atoms with E-state index in [1.807, 2.05) is 29.6 Å². The molecule has 128 valence electrons. The molecule has 0 aliphatic heterocycles. The number of rotatable bonds is 5. The molecule has 0 fully saturated rings. The van der Waals surface area contributed by atoms with Gasteiger partial charge in [0.1, 0.15) is 0 Å². The smallest absolute Gasteiger partial charge is 0.227 e. The number of anilines is 1. The third-order valence-electron chi connectivity index (χ3n) is 4.45. The SMILES string of the molecule is O=C(CCc1nc(-c2cccs2)no1)Nc1cccc2c1CCCC2. The number of amides is 1. The number of carbonyl (C=O) groups excluding carboxylic acids is 1. The second kappa shape index (κ2) is 7.19. The largest absolute Gasteiger partial charge is 0.339 e. The molecule has 25 heavy (non-hydrogen) atoms. The minimum atomic E-state index is -0.0187. The van der Waals surface area contributed by atoms with E-state index in [0.717, 1.165) is 23.4 Å². The summed E-state index contributed by atoms with van der Waals surface area (Å²) in [6.45, 7) is 0. The molecule has 0 spiro atoms. The Morgan fingerprint density at radius 1 is 1.20 bits per heavy atom.